The Hall–Kier alpha value is -7.30. The van der Waals surface area contributed by atoms with E-state index in [-0.39, 0.29) is 0 Å². The first-order valence-electron chi connectivity index (χ1n) is 18.1. The van der Waals surface area contributed by atoms with Gasteiger partial charge >= 0.3 is 0 Å². The van der Waals surface area contributed by atoms with E-state index >= 15 is 0 Å². The van der Waals surface area contributed by atoms with Gasteiger partial charge in [-0.3, -0.25) is 0 Å². The maximum atomic E-state index is 6.50. The number of ether oxygens (including phenoxy) is 1. The molecule has 0 aliphatic heterocycles. The van der Waals surface area contributed by atoms with Gasteiger partial charge in [-0.2, -0.15) is 0 Å². The second-order valence-corrected chi connectivity index (χ2v) is 13.1. The molecule has 54 heavy (non-hydrogen) atoms. The van der Waals surface area contributed by atoms with Gasteiger partial charge in [0, 0.05) is 28.2 Å². The molecule has 1 aromatic heterocycles. The van der Waals surface area contributed by atoms with E-state index in [1.165, 1.54) is 11.1 Å². The second kappa shape index (κ2) is 14.7. The van der Waals surface area contributed by atoms with Gasteiger partial charge in [0.15, 0.2) is 0 Å². The fourth-order valence-corrected chi connectivity index (χ4v) is 6.87. The summed E-state index contributed by atoms with van der Waals surface area (Å²) in [6.07, 6.45) is 0. The zero-order chi connectivity index (χ0) is 36.1. The molecule has 0 aliphatic rings. The summed E-state index contributed by atoms with van der Waals surface area (Å²) < 4.78 is 6.50. The molecule has 0 amide bonds. The number of hydrogen-bond acceptors (Lipinski definition) is 4. The summed E-state index contributed by atoms with van der Waals surface area (Å²) in [5.41, 5.74) is 12.9. The van der Waals surface area contributed by atoms with E-state index in [9.17, 15) is 0 Å². The smallest absolute Gasteiger partial charge is 0.128 e. The molecule has 256 valence electrons. The minimum atomic E-state index is 0.718. The maximum Gasteiger partial charge on any atom is 0.128 e. The zero-order valence-electron chi connectivity index (χ0n) is 29.5. The van der Waals surface area contributed by atoms with Crippen molar-refractivity contribution in [3.05, 3.63) is 212 Å². The highest BCUT2D eigenvalue weighted by atomic mass is 16.5. The van der Waals surface area contributed by atoms with Crippen LogP contribution in [0.5, 0.6) is 11.5 Å². The van der Waals surface area contributed by atoms with E-state index in [0.717, 1.165) is 73.2 Å². The molecule has 9 aromatic rings. The van der Waals surface area contributed by atoms with Crippen LogP contribution >= 0.6 is 0 Å². The molecule has 0 saturated heterocycles. The molecular weight excluding hydrogens is 659 g/mol. The van der Waals surface area contributed by atoms with Crippen molar-refractivity contribution in [3.63, 3.8) is 0 Å². The van der Waals surface area contributed by atoms with E-state index in [1.807, 2.05) is 72.8 Å². The van der Waals surface area contributed by atoms with Crippen molar-refractivity contribution in [2.45, 2.75) is 0 Å². The predicted molar refractivity (Wildman–Crippen MR) is 222 cm³/mol. The molecule has 0 atom stereocenters. The Morgan fingerprint density at radius 1 is 0.296 bits per heavy atom. The number of nitrogens with zero attached hydrogens (tertiary/aromatic N) is 3. The molecule has 0 N–H and O–H groups in total. The van der Waals surface area contributed by atoms with Crippen LogP contribution in [0.25, 0.3) is 55.8 Å². The third-order valence-electron chi connectivity index (χ3n) is 9.46. The SMILES string of the molecule is c1ccc(Oc2cc(-c3ccc(N(c4ccccc4)c4cccc(-c5ccccc5)c4)cc3)cc(-c3nc4ccccc4nc3-c3ccccc3)c2)cc1. The molecule has 0 unspecified atom stereocenters. The molecule has 4 heteroatoms. The van der Waals surface area contributed by atoms with Crippen LogP contribution in [0.2, 0.25) is 0 Å². The summed E-state index contributed by atoms with van der Waals surface area (Å²) in [5, 5.41) is 0. The van der Waals surface area contributed by atoms with Gasteiger partial charge in [0.2, 0.25) is 0 Å². The van der Waals surface area contributed by atoms with Gasteiger partial charge < -0.3 is 9.64 Å². The normalized spacial score (nSPS) is 11.0. The number of hydrogen-bond donors (Lipinski definition) is 0. The van der Waals surface area contributed by atoms with Gasteiger partial charge in [0.05, 0.1) is 22.4 Å². The average molecular weight is 694 g/mol. The van der Waals surface area contributed by atoms with E-state index in [4.69, 9.17) is 14.7 Å². The van der Waals surface area contributed by atoms with Gasteiger partial charge in [0.25, 0.3) is 0 Å². The number of rotatable bonds is 9. The van der Waals surface area contributed by atoms with Gasteiger partial charge in [-0.15, -0.1) is 0 Å². The van der Waals surface area contributed by atoms with Crippen molar-refractivity contribution >= 4 is 28.1 Å². The summed E-state index contributed by atoms with van der Waals surface area (Å²) in [6.45, 7) is 0. The molecule has 0 aliphatic carbocycles. The Morgan fingerprint density at radius 2 is 0.778 bits per heavy atom. The monoisotopic (exact) mass is 693 g/mol. The summed E-state index contributed by atoms with van der Waals surface area (Å²) in [6, 6.07) is 73.0. The van der Waals surface area contributed by atoms with Gasteiger partial charge in [-0.1, -0.05) is 133 Å². The van der Waals surface area contributed by atoms with E-state index in [0.29, 0.717) is 0 Å². The third-order valence-corrected chi connectivity index (χ3v) is 9.46. The largest absolute Gasteiger partial charge is 0.457 e. The molecule has 0 fully saturated rings. The number of para-hydroxylation sites is 4. The van der Waals surface area contributed by atoms with Crippen LogP contribution in [0.3, 0.4) is 0 Å². The van der Waals surface area contributed by atoms with Crippen LogP contribution < -0.4 is 9.64 Å². The fraction of sp³-hybridized carbons (Fsp3) is 0. The number of fused-ring (bicyclic) bond motifs is 1. The predicted octanol–water partition coefficient (Wildman–Crippen LogP) is 13.6. The molecule has 8 aromatic carbocycles. The molecule has 0 saturated carbocycles. The van der Waals surface area contributed by atoms with Crippen LogP contribution in [0, 0.1) is 0 Å². The Bertz CT molecular complexity index is 2660. The van der Waals surface area contributed by atoms with Crippen molar-refractivity contribution in [2.24, 2.45) is 0 Å². The second-order valence-electron chi connectivity index (χ2n) is 13.1. The molecule has 4 nitrogen and oxygen atoms in total. The lowest BCUT2D eigenvalue weighted by Gasteiger charge is -2.26. The molecule has 0 radical (unpaired) electrons. The fourth-order valence-electron chi connectivity index (χ4n) is 6.87. The minimum absolute atomic E-state index is 0.718. The Kier molecular flexibility index (Phi) is 8.90. The van der Waals surface area contributed by atoms with Gasteiger partial charge in [-0.05, 0) is 101 Å². The van der Waals surface area contributed by atoms with Crippen LogP contribution in [-0.2, 0) is 0 Å². The summed E-state index contributed by atoms with van der Waals surface area (Å²) >= 11 is 0. The first-order valence-corrected chi connectivity index (χ1v) is 18.1. The zero-order valence-corrected chi connectivity index (χ0v) is 29.5. The highest BCUT2D eigenvalue weighted by Gasteiger charge is 2.18. The topological polar surface area (TPSA) is 38.2 Å². The number of benzene rings is 8. The highest BCUT2D eigenvalue weighted by molar-refractivity contribution is 5.88. The van der Waals surface area contributed by atoms with Crippen molar-refractivity contribution in [1.82, 2.24) is 9.97 Å². The van der Waals surface area contributed by atoms with Crippen molar-refractivity contribution < 1.29 is 4.74 Å². The molecule has 9 rings (SSSR count). The van der Waals surface area contributed by atoms with E-state index in [1.54, 1.807) is 0 Å². The lowest BCUT2D eigenvalue weighted by atomic mass is 9.97. The van der Waals surface area contributed by atoms with Crippen LogP contribution in [0.4, 0.5) is 17.1 Å². The third kappa shape index (κ3) is 6.84. The standard InChI is InChI=1S/C50H35N3O/c1-5-16-36(17-6-1)39-20-15-23-44(33-39)53(42-21-9-3-10-22-42)43-30-28-37(29-31-43)40-32-41(35-46(34-40)54-45-24-11-4-12-25-45)50-49(38-18-7-2-8-19-38)51-47-26-13-14-27-48(47)52-50/h1-35H. The first-order chi connectivity index (χ1) is 26.7. The Morgan fingerprint density at radius 3 is 1.44 bits per heavy atom. The first kappa shape index (κ1) is 32.6. The molecule has 1 heterocycles. The molecule has 0 spiro atoms. The summed E-state index contributed by atoms with van der Waals surface area (Å²) in [7, 11) is 0. The highest BCUT2D eigenvalue weighted by Crippen LogP contribution is 2.40. The average Bonchev–Trinajstić information content (AvgIpc) is 3.25. The Balaban J connectivity index is 1.16. The quantitative estimate of drug-likeness (QED) is 0.151. The Labute approximate surface area is 315 Å². The van der Waals surface area contributed by atoms with Crippen molar-refractivity contribution in [2.75, 3.05) is 4.90 Å². The summed E-state index contributed by atoms with van der Waals surface area (Å²) in [4.78, 5) is 12.7. The van der Waals surface area contributed by atoms with Gasteiger partial charge in [0.1, 0.15) is 11.5 Å². The van der Waals surface area contributed by atoms with Crippen molar-refractivity contribution in [1.29, 1.82) is 0 Å². The minimum Gasteiger partial charge on any atom is -0.457 e. The van der Waals surface area contributed by atoms with Gasteiger partial charge in [-0.25, -0.2) is 9.97 Å². The lowest BCUT2D eigenvalue weighted by Crippen LogP contribution is -2.09. The maximum absolute atomic E-state index is 6.50. The molecular formula is C50H35N3O. The van der Waals surface area contributed by atoms with E-state index in [2.05, 4.69) is 144 Å². The van der Waals surface area contributed by atoms with Crippen LogP contribution in [-0.4, -0.2) is 9.97 Å². The number of anilines is 3. The molecule has 0 bridgehead atoms. The van der Waals surface area contributed by atoms with E-state index < -0.39 is 0 Å². The van der Waals surface area contributed by atoms with Crippen LogP contribution in [0.15, 0.2) is 212 Å². The number of aromatic nitrogens is 2. The summed E-state index contributed by atoms with van der Waals surface area (Å²) in [5.74, 6) is 1.48. The van der Waals surface area contributed by atoms with Crippen LogP contribution in [0.1, 0.15) is 0 Å². The van der Waals surface area contributed by atoms with Crippen molar-refractivity contribution in [3.8, 4) is 56.3 Å². The lowest BCUT2D eigenvalue weighted by molar-refractivity contribution is 0.483.